The third kappa shape index (κ3) is 2.87. The van der Waals surface area contributed by atoms with E-state index in [9.17, 15) is 23.5 Å². The van der Waals surface area contributed by atoms with Crippen molar-refractivity contribution < 1.29 is 28.6 Å². The van der Waals surface area contributed by atoms with Crippen LogP contribution in [-0.4, -0.2) is 45.7 Å². The number of carboxylic acid groups (broad SMARTS) is 1. The van der Waals surface area contributed by atoms with E-state index in [1.54, 1.807) is 0 Å². The maximum absolute atomic E-state index is 13.3. The number of carbonyl (C=O) groups excluding carboxylic acids is 1. The van der Waals surface area contributed by atoms with E-state index in [2.05, 4.69) is 0 Å². The molecule has 1 aromatic rings. The highest BCUT2D eigenvalue weighted by molar-refractivity contribution is 6.05. The van der Waals surface area contributed by atoms with Crippen molar-refractivity contribution >= 4 is 11.9 Å². The number of aromatic carboxylic acids is 1. The van der Waals surface area contributed by atoms with E-state index in [0.29, 0.717) is 18.6 Å². The Bertz CT molecular complexity index is 597. The van der Waals surface area contributed by atoms with Gasteiger partial charge in [-0.2, -0.15) is 0 Å². The molecular weight excluding hydrogens is 284 g/mol. The van der Waals surface area contributed by atoms with Crippen LogP contribution in [-0.2, 0) is 0 Å². The molecule has 0 unspecified atom stereocenters. The predicted octanol–water partition coefficient (Wildman–Crippen LogP) is 1.65. The number of carbonyl (C=O) groups is 2. The quantitative estimate of drug-likeness (QED) is 0.886. The molecule has 0 spiro atoms. The number of β-amino-alcohol motifs (C(OH)–C–C–N with tert-alkyl or cyclic N) is 1. The largest absolute Gasteiger partial charge is 0.478 e. The van der Waals surface area contributed by atoms with Gasteiger partial charge in [0.25, 0.3) is 5.91 Å². The first-order valence-electron chi connectivity index (χ1n) is 6.51. The zero-order valence-corrected chi connectivity index (χ0v) is 11.4. The second kappa shape index (κ2) is 5.40. The van der Waals surface area contributed by atoms with Crippen LogP contribution in [0.3, 0.4) is 0 Å². The number of hydrogen-bond donors (Lipinski definition) is 2. The number of carboxylic acids is 1. The molecule has 1 aromatic carbocycles. The number of amides is 1. The lowest BCUT2D eigenvalue weighted by atomic mass is 9.88. The van der Waals surface area contributed by atoms with Gasteiger partial charge in [0.1, 0.15) is 0 Å². The van der Waals surface area contributed by atoms with Crippen LogP contribution in [0.2, 0.25) is 0 Å². The first kappa shape index (κ1) is 15.4. The van der Waals surface area contributed by atoms with E-state index in [4.69, 9.17) is 5.11 Å². The zero-order valence-electron chi connectivity index (χ0n) is 11.4. The Balaban J connectivity index is 2.25. The van der Waals surface area contributed by atoms with Crippen LogP contribution in [0, 0.1) is 11.6 Å². The fraction of sp³-hybridized carbons (Fsp3) is 0.429. The SMILES string of the molecule is CCCC1(O)CN(C(=O)c2cc(F)c(F)cc2C(=O)O)C1. The number of likely N-dealkylation sites (tertiary alicyclic amines) is 1. The summed E-state index contributed by atoms with van der Waals surface area (Å²) in [6, 6.07) is 1.07. The van der Waals surface area contributed by atoms with Gasteiger partial charge < -0.3 is 15.1 Å². The van der Waals surface area contributed by atoms with Gasteiger partial charge in [0.05, 0.1) is 29.8 Å². The van der Waals surface area contributed by atoms with Crippen LogP contribution in [0.5, 0.6) is 0 Å². The van der Waals surface area contributed by atoms with Crippen LogP contribution in [0.1, 0.15) is 40.5 Å². The monoisotopic (exact) mass is 299 g/mol. The van der Waals surface area contributed by atoms with E-state index in [1.807, 2.05) is 6.92 Å². The Morgan fingerprint density at radius 2 is 1.76 bits per heavy atom. The van der Waals surface area contributed by atoms with E-state index in [-0.39, 0.29) is 13.1 Å². The minimum absolute atomic E-state index is 0.0533. The third-order valence-electron chi connectivity index (χ3n) is 3.49. The second-order valence-corrected chi connectivity index (χ2v) is 5.25. The van der Waals surface area contributed by atoms with Gasteiger partial charge in [-0.05, 0) is 18.6 Å². The predicted molar refractivity (Wildman–Crippen MR) is 69.1 cm³/mol. The van der Waals surface area contributed by atoms with E-state index in [0.717, 1.165) is 6.42 Å². The second-order valence-electron chi connectivity index (χ2n) is 5.25. The first-order chi connectivity index (χ1) is 9.77. The van der Waals surface area contributed by atoms with Gasteiger partial charge in [-0.25, -0.2) is 13.6 Å². The molecule has 0 radical (unpaired) electrons. The number of nitrogens with zero attached hydrogens (tertiary/aromatic N) is 1. The maximum Gasteiger partial charge on any atom is 0.336 e. The minimum atomic E-state index is -1.51. The summed E-state index contributed by atoms with van der Waals surface area (Å²) in [5, 5.41) is 19.0. The standard InChI is InChI=1S/C14H15F2NO4/c1-2-3-14(21)6-17(7-14)12(18)8-4-10(15)11(16)5-9(8)13(19)20/h4-5,21H,2-3,6-7H2,1H3,(H,19,20). The molecule has 1 amide bonds. The summed E-state index contributed by atoms with van der Waals surface area (Å²) in [6.45, 7) is 2.00. The summed E-state index contributed by atoms with van der Waals surface area (Å²) in [6.07, 6.45) is 1.25. The summed E-state index contributed by atoms with van der Waals surface area (Å²) < 4.78 is 26.4. The molecule has 0 aromatic heterocycles. The fourth-order valence-corrected chi connectivity index (χ4v) is 2.50. The van der Waals surface area contributed by atoms with E-state index >= 15 is 0 Å². The first-order valence-corrected chi connectivity index (χ1v) is 6.51. The van der Waals surface area contributed by atoms with Crippen LogP contribution < -0.4 is 0 Å². The Labute approximate surface area is 119 Å². The normalized spacial score (nSPS) is 16.5. The molecule has 2 rings (SSSR count). The Hall–Kier alpha value is -2.02. The van der Waals surface area contributed by atoms with Crippen molar-refractivity contribution in [3.8, 4) is 0 Å². The molecule has 7 heteroatoms. The van der Waals surface area contributed by atoms with Crippen LogP contribution in [0.25, 0.3) is 0 Å². The summed E-state index contributed by atoms with van der Waals surface area (Å²) in [5.41, 5.74) is -1.99. The fourth-order valence-electron chi connectivity index (χ4n) is 2.50. The Morgan fingerprint density at radius 1 is 1.24 bits per heavy atom. The zero-order chi connectivity index (χ0) is 15.8. The van der Waals surface area contributed by atoms with Gasteiger partial charge in [0.15, 0.2) is 11.6 Å². The molecule has 5 nitrogen and oxygen atoms in total. The molecule has 0 saturated carbocycles. The number of rotatable bonds is 4. The van der Waals surface area contributed by atoms with Gasteiger partial charge >= 0.3 is 5.97 Å². The van der Waals surface area contributed by atoms with Crippen molar-refractivity contribution in [2.24, 2.45) is 0 Å². The molecule has 0 aliphatic carbocycles. The van der Waals surface area contributed by atoms with E-state index < -0.39 is 40.2 Å². The average Bonchev–Trinajstić information content (AvgIpc) is 2.37. The van der Waals surface area contributed by atoms with E-state index in [1.165, 1.54) is 4.90 Å². The van der Waals surface area contributed by atoms with Crippen molar-refractivity contribution in [2.75, 3.05) is 13.1 Å². The Kier molecular flexibility index (Phi) is 3.95. The van der Waals surface area contributed by atoms with Crippen molar-refractivity contribution in [1.29, 1.82) is 0 Å². The Morgan fingerprint density at radius 3 is 2.24 bits per heavy atom. The maximum atomic E-state index is 13.3. The number of hydrogen-bond acceptors (Lipinski definition) is 3. The molecular formula is C14H15F2NO4. The number of benzene rings is 1. The summed E-state index contributed by atoms with van der Waals surface area (Å²) >= 11 is 0. The smallest absolute Gasteiger partial charge is 0.336 e. The van der Waals surface area contributed by atoms with Crippen molar-refractivity contribution in [3.63, 3.8) is 0 Å². The molecule has 1 saturated heterocycles. The molecule has 1 aliphatic rings. The van der Waals surface area contributed by atoms with Crippen molar-refractivity contribution in [1.82, 2.24) is 4.90 Å². The van der Waals surface area contributed by atoms with Gasteiger partial charge in [-0.3, -0.25) is 4.79 Å². The van der Waals surface area contributed by atoms with Crippen molar-refractivity contribution in [3.05, 3.63) is 34.9 Å². The lowest BCUT2D eigenvalue weighted by molar-refractivity contribution is -0.0860. The van der Waals surface area contributed by atoms with Crippen LogP contribution >= 0.6 is 0 Å². The molecule has 1 aliphatic heterocycles. The minimum Gasteiger partial charge on any atom is -0.478 e. The van der Waals surface area contributed by atoms with Gasteiger partial charge in [-0.1, -0.05) is 13.3 Å². The highest BCUT2D eigenvalue weighted by atomic mass is 19.2. The lowest BCUT2D eigenvalue weighted by Crippen LogP contribution is -2.63. The van der Waals surface area contributed by atoms with Gasteiger partial charge in [-0.15, -0.1) is 0 Å². The van der Waals surface area contributed by atoms with Crippen molar-refractivity contribution in [2.45, 2.75) is 25.4 Å². The molecule has 1 fully saturated rings. The highest BCUT2D eigenvalue weighted by Crippen LogP contribution is 2.28. The lowest BCUT2D eigenvalue weighted by Gasteiger charge is -2.46. The molecule has 0 bridgehead atoms. The topological polar surface area (TPSA) is 77.8 Å². The summed E-state index contributed by atoms with van der Waals surface area (Å²) in [5.74, 6) is -4.85. The van der Waals surface area contributed by atoms with Gasteiger partial charge in [0, 0.05) is 0 Å². The molecule has 1 heterocycles. The molecule has 2 N–H and O–H groups in total. The summed E-state index contributed by atoms with van der Waals surface area (Å²) in [7, 11) is 0. The highest BCUT2D eigenvalue weighted by Gasteiger charge is 2.43. The summed E-state index contributed by atoms with van der Waals surface area (Å²) in [4.78, 5) is 24.4. The van der Waals surface area contributed by atoms with Crippen LogP contribution in [0.15, 0.2) is 12.1 Å². The number of aliphatic hydroxyl groups is 1. The average molecular weight is 299 g/mol. The van der Waals surface area contributed by atoms with Gasteiger partial charge in [0.2, 0.25) is 0 Å². The number of halogens is 2. The third-order valence-corrected chi connectivity index (χ3v) is 3.49. The van der Waals surface area contributed by atoms with Crippen LogP contribution in [0.4, 0.5) is 8.78 Å². The molecule has 114 valence electrons. The molecule has 0 atom stereocenters. The molecule has 21 heavy (non-hydrogen) atoms.